The van der Waals surface area contributed by atoms with Gasteiger partial charge in [0.1, 0.15) is 11.2 Å². The van der Waals surface area contributed by atoms with Crippen LogP contribution >= 0.6 is 0 Å². The van der Waals surface area contributed by atoms with Gasteiger partial charge in [0.25, 0.3) is 0 Å². The quantitative estimate of drug-likeness (QED) is 0.163. The molecule has 5 heteroatoms. The SMILES string of the molecule is c1ccc2c(c1)cc(-c1cc(-c3cc4ccccc4c4ccccc34)nc(-c3ccc(-c4ccc(-c5nc6ccccc6c6nc7ccccn7c56)cc4)cc3)n1)c1ccccc12. The molecule has 4 heterocycles. The highest BCUT2D eigenvalue weighted by molar-refractivity contribution is 6.15. The first-order chi connectivity index (χ1) is 31.2. The summed E-state index contributed by atoms with van der Waals surface area (Å²) in [7, 11) is 0. The number of benzene rings is 9. The number of rotatable bonds is 5. The van der Waals surface area contributed by atoms with Gasteiger partial charge in [-0.05, 0) is 90.6 Å². The summed E-state index contributed by atoms with van der Waals surface area (Å²) >= 11 is 0. The van der Waals surface area contributed by atoms with Gasteiger partial charge in [0.2, 0.25) is 0 Å². The normalized spacial score (nSPS) is 11.8. The van der Waals surface area contributed by atoms with Crippen molar-refractivity contribution in [3.63, 3.8) is 0 Å². The van der Waals surface area contributed by atoms with Crippen LogP contribution in [0.3, 0.4) is 0 Å². The number of hydrogen-bond donors (Lipinski definition) is 0. The van der Waals surface area contributed by atoms with Crippen LogP contribution < -0.4 is 0 Å². The molecule has 13 aromatic rings. The predicted molar refractivity (Wildman–Crippen MR) is 261 cm³/mol. The molecule has 0 fully saturated rings. The lowest BCUT2D eigenvalue weighted by atomic mass is 9.93. The predicted octanol–water partition coefficient (Wildman–Crippen LogP) is 14.8. The number of fused-ring (bicyclic) bond motifs is 11. The van der Waals surface area contributed by atoms with E-state index in [0.29, 0.717) is 5.82 Å². The van der Waals surface area contributed by atoms with Crippen molar-refractivity contribution < 1.29 is 0 Å². The minimum absolute atomic E-state index is 0.679. The molecule has 0 aliphatic heterocycles. The molecule has 0 N–H and O–H groups in total. The summed E-state index contributed by atoms with van der Waals surface area (Å²) in [5.74, 6) is 0.679. The second kappa shape index (κ2) is 14.0. The molecule has 0 radical (unpaired) electrons. The Morgan fingerprint density at radius 2 is 0.810 bits per heavy atom. The average Bonchev–Trinajstić information content (AvgIpc) is 3.76. The van der Waals surface area contributed by atoms with E-state index in [9.17, 15) is 0 Å². The Hall–Kier alpha value is -8.54. The van der Waals surface area contributed by atoms with E-state index in [0.717, 1.165) is 88.8 Å². The highest BCUT2D eigenvalue weighted by Crippen LogP contribution is 2.40. The lowest BCUT2D eigenvalue weighted by molar-refractivity contribution is 1.19. The van der Waals surface area contributed by atoms with Crippen molar-refractivity contribution in [2.45, 2.75) is 0 Å². The molecule has 0 amide bonds. The van der Waals surface area contributed by atoms with Crippen molar-refractivity contribution >= 4 is 70.7 Å². The molecule has 0 spiro atoms. The maximum Gasteiger partial charge on any atom is 0.160 e. The molecule has 13 rings (SSSR count). The summed E-state index contributed by atoms with van der Waals surface area (Å²) in [6.45, 7) is 0. The van der Waals surface area contributed by atoms with Crippen molar-refractivity contribution in [2.24, 2.45) is 0 Å². The zero-order valence-corrected chi connectivity index (χ0v) is 33.9. The summed E-state index contributed by atoms with van der Waals surface area (Å²) in [6, 6.07) is 73.0. The van der Waals surface area contributed by atoms with Crippen molar-refractivity contribution in [1.82, 2.24) is 24.3 Å². The highest BCUT2D eigenvalue weighted by atomic mass is 15.0. The first-order valence-corrected chi connectivity index (χ1v) is 21.3. The fraction of sp³-hybridized carbons (Fsp3) is 0. The molecule has 0 saturated heterocycles. The summed E-state index contributed by atoms with van der Waals surface area (Å²) in [4.78, 5) is 21.0. The Bertz CT molecular complexity index is 3820. The molecular formula is C58H35N5. The Morgan fingerprint density at radius 1 is 0.333 bits per heavy atom. The summed E-state index contributed by atoms with van der Waals surface area (Å²) in [5, 5.41) is 10.6. The molecule has 0 bridgehead atoms. The molecule has 0 aliphatic carbocycles. The Kier molecular flexibility index (Phi) is 7.84. The van der Waals surface area contributed by atoms with Crippen molar-refractivity contribution in [1.29, 1.82) is 0 Å². The Morgan fingerprint density at radius 3 is 1.41 bits per heavy atom. The molecule has 292 valence electrons. The number of aromatic nitrogens is 5. The molecule has 0 atom stereocenters. The van der Waals surface area contributed by atoms with Crippen molar-refractivity contribution in [3.05, 3.63) is 212 Å². The van der Waals surface area contributed by atoms with Gasteiger partial charge < -0.3 is 0 Å². The summed E-state index contributed by atoms with van der Waals surface area (Å²) in [6.07, 6.45) is 2.07. The molecule has 63 heavy (non-hydrogen) atoms. The standard InChI is InChI=1S/C58H35N5/c1-3-15-42-40(13-1)33-49(46-19-7-5-17-44(42)46)52-35-53(50-34-41-14-2-4-16-43(41)45-18-6-8-20-47(45)50)61-58(60-52)39-30-26-37(27-31-39)36-24-28-38(29-25-36)55-57-56(48-21-9-10-22-51(48)59-55)62-54-23-11-12-32-63(54)57/h1-35H. The van der Waals surface area contributed by atoms with Gasteiger partial charge in [-0.1, -0.05) is 170 Å². The van der Waals surface area contributed by atoms with Crippen molar-refractivity contribution in [3.8, 4) is 56.3 Å². The van der Waals surface area contributed by atoms with E-state index >= 15 is 0 Å². The van der Waals surface area contributed by atoms with Gasteiger partial charge >= 0.3 is 0 Å². The first-order valence-electron chi connectivity index (χ1n) is 21.3. The third kappa shape index (κ3) is 5.71. The summed E-state index contributed by atoms with van der Waals surface area (Å²) < 4.78 is 2.14. The smallest absolute Gasteiger partial charge is 0.160 e. The lowest BCUT2D eigenvalue weighted by Crippen LogP contribution is -1.97. The third-order valence-electron chi connectivity index (χ3n) is 12.6. The van der Waals surface area contributed by atoms with Crippen LogP contribution in [-0.2, 0) is 0 Å². The second-order valence-corrected chi connectivity index (χ2v) is 16.2. The van der Waals surface area contributed by atoms with Crippen LogP contribution in [0.5, 0.6) is 0 Å². The number of pyridine rings is 2. The molecule has 5 nitrogen and oxygen atoms in total. The van der Waals surface area contributed by atoms with Crippen molar-refractivity contribution in [2.75, 3.05) is 0 Å². The topological polar surface area (TPSA) is 56.0 Å². The van der Waals surface area contributed by atoms with E-state index in [1.807, 2.05) is 30.3 Å². The molecule has 0 aliphatic rings. The maximum absolute atomic E-state index is 5.38. The molecule has 9 aromatic carbocycles. The number of nitrogens with zero attached hydrogens (tertiary/aromatic N) is 5. The van der Waals surface area contributed by atoms with Crippen LogP contribution in [0.15, 0.2) is 212 Å². The summed E-state index contributed by atoms with van der Waals surface area (Å²) in [5.41, 5.74) is 12.9. The van der Waals surface area contributed by atoms with Gasteiger partial charge in [0.05, 0.1) is 28.1 Å². The number of imidazole rings is 1. The molecule has 0 unspecified atom stereocenters. The zero-order valence-electron chi connectivity index (χ0n) is 33.9. The number of hydrogen-bond acceptors (Lipinski definition) is 4. The Balaban J connectivity index is 0.942. The van der Waals surface area contributed by atoms with Gasteiger partial charge in [0.15, 0.2) is 5.82 Å². The first kappa shape index (κ1) is 35.2. The second-order valence-electron chi connectivity index (χ2n) is 16.2. The van der Waals surface area contributed by atoms with E-state index < -0.39 is 0 Å². The van der Waals surface area contributed by atoms with Crippen LogP contribution in [0.1, 0.15) is 0 Å². The number of para-hydroxylation sites is 1. The fourth-order valence-electron chi connectivity index (χ4n) is 9.57. The van der Waals surface area contributed by atoms with E-state index in [1.54, 1.807) is 0 Å². The minimum atomic E-state index is 0.679. The average molecular weight is 802 g/mol. The van der Waals surface area contributed by atoms with Crippen LogP contribution in [0.4, 0.5) is 0 Å². The monoisotopic (exact) mass is 801 g/mol. The van der Waals surface area contributed by atoms with Crippen LogP contribution in [-0.4, -0.2) is 24.3 Å². The van der Waals surface area contributed by atoms with Gasteiger partial charge in [-0.2, -0.15) is 0 Å². The lowest BCUT2D eigenvalue weighted by Gasteiger charge is -2.15. The largest absolute Gasteiger partial charge is 0.298 e. The molecule has 4 aromatic heterocycles. The zero-order chi connectivity index (χ0) is 41.4. The van der Waals surface area contributed by atoms with Crippen LogP contribution in [0.25, 0.3) is 127 Å². The molecular weight excluding hydrogens is 767 g/mol. The Labute approximate surface area is 362 Å². The van der Waals surface area contributed by atoms with Gasteiger partial charge in [0, 0.05) is 33.8 Å². The van der Waals surface area contributed by atoms with Gasteiger partial charge in [-0.25, -0.2) is 19.9 Å². The maximum atomic E-state index is 5.38. The minimum Gasteiger partial charge on any atom is -0.298 e. The van der Waals surface area contributed by atoms with Crippen LogP contribution in [0.2, 0.25) is 0 Å². The van der Waals surface area contributed by atoms with E-state index in [-0.39, 0.29) is 0 Å². The third-order valence-corrected chi connectivity index (χ3v) is 12.6. The van der Waals surface area contributed by atoms with E-state index in [2.05, 4.69) is 187 Å². The highest BCUT2D eigenvalue weighted by Gasteiger charge is 2.19. The fourth-order valence-corrected chi connectivity index (χ4v) is 9.57. The van der Waals surface area contributed by atoms with Gasteiger partial charge in [-0.3, -0.25) is 4.40 Å². The van der Waals surface area contributed by atoms with E-state index in [1.165, 1.54) is 32.3 Å². The molecule has 0 saturated carbocycles. The van der Waals surface area contributed by atoms with E-state index in [4.69, 9.17) is 19.9 Å². The van der Waals surface area contributed by atoms with Crippen LogP contribution in [0, 0.1) is 0 Å². The van der Waals surface area contributed by atoms with Gasteiger partial charge in [-0.15, -0.1) is 0 Å².